The first-order chi connectivity index (χ1) is 13.1. The van der Waals surface area contributed by atoms with Gasteiger partial charge in [0.15, 0.2) is 4.80 Å². The molecule has 1 atom stereocenters. The molecule has 3 rings (SSSR count). The number of benzene rings is 1. The molecule has 5 nitrogen and oxygen atoms in total. The number of thiazole rings is 1. The normalized spacial score (nSPS) is 17.9. The molecule has 0 N–H and O–H groups in total. The maximum absolute atomic E-state index is 12.3. The molecule has 0 saturated carbocycles. The van der Waals surface area contributed by atoms with Crippen LogP contribution in [0.25, 0.3) is 10.2 Å². The lowest BCUT2D eigenvalue weighted by Crippen LogP contribution is -2.43. The Morgan fingerprint density at radius 2 is 2.15 bits per heavy atom. The molecule has 142 valence electrons. The Labute approximate surface area is 167 Å². The summed E-state index contributed by atoms with van der Waals surface area (Å²) in [7, 11) is 0. The maximum Gasteiger partial charge on any atom is 0.258 e. The van der Waals surface area contributed by atoms with Gasteiger partial charge >= 0.3 is 0 Å². The minimum Gasteiger partial charge on any atom is -0.339 e. The Bertz CT molecular complexity index is 939. The van der Waals surface area contributed by atoms with Gasteiger partial charge in [0.2, 0.25) is 5.91 Å². The number of terminal acetylenes is 1. The molecule has 0 spiro atoms. The number of aromatic nitrogens is 1. The molecular formula is C20H23N3O2S2. The van der Waals surface area contributed by atoms with Gasteiger partial charge in [-0.3, -0.25) is 9.59 Å². The summed E-state index contributed by atoms with van der Waals surface area (Å²) in [6, 6.07) is 8.15. The molecule has 1 aromatic carbocycles. The summed E-state index contributed by atoms with van der Waals surface area (Å²) in [5.41, 5.74) is 0.980. The zero-order valence-corrected chi connectivity index (χ0v) is 17.0. The van der Waals surface area contributed by atoms with Gasteiger partial charge in [-0.15, -0.1) is 18.2 Å². The third-order valence-corrected chi connectivity index (χ3v) is 6.59. The van der Waals surface area contributed by atoms with Crippen molar-refractivity contribution in [3.05, 3.63) is 29.1 Å². The van der Waals surface area contributed by atoms with E-state index in [1.54, 1.807) is 0 Å². The van der Waals surface area contributed by atoms with Crippen molar-refractivity contribution in [2.75, 3.05) is 18.1 Å². The molecule has 27 heavy (non-hydrogen) atoms. The number of hydrogen-bond acceptors (Lipinski definition) is 4. The zero-order chi connectivity index (χ0) is 19.2. The Balaban J connectivity index is 1.63. The minimum absolute atomic E-state index is 0.115. The first-order valence-corrected chi connectivity index (χ1v) is 11.0. The third-order valence-electron chi connectivity index (χ3n) is 4.63. The largest absolute Gasteiger partial charge is 0.339 e. The van der Waals surface area contributed by atoms with Crippen molar-refractivity contribution in [1.29, 1.82) is 0 Å². The molecule has 2 heterocycles. The van der Waals surface area contributed by atoms with Crippen LogP contribution in [-0.2, 0) is 16.1 Å². The van der Waals surface area contributed by atoms with Crippen molar-refractivity contribution in [2.45, 2.75) is 38.8 Å². The van der Waals surface area contributed by atoms with Gasteiger partial charge in [0.25, 0.3) is 5.91 Å². The van der Waals surface area contributed by atoms with Gasteiger partial charge in [0, 0.05) is 12.6 Å². The van der Waals surface area contributed by atoms with Crippen LogP contribution in [0.2, 0.25) is 0 Å². The van der Waals surface area contributed by atoms with E-state index in [0.717, 1.165) is 29.6 Å². The monoisotopic (exact) mass is 401 g/mol. The second kappa shape index (κ2) is 9.25. The van der Waals surface area contributed by atoms with E-state index < -0.39 is 0 Å². The number of rotatable bonds is 5. The standard InChI is InChI=1S/C20H23N3O2S2/c1-3-11-23-16-9-4-5-10-17(16)27-20(23)21-18(24)13-26-14-19(25)22-12-7-6-8-15(22)2/h1,4-5,9-10,15H,6-8,11-14H2,2H3. The molecule has 0 aliphatic carbocycles. The average molecular weight is 402 g/mol. The number of carbonyl (C=O) groups is 2. The SMILES string of the molecule is C#CCn1c(=NC(=O)CSCC(=O)N2CCCCC2C)sc2ccccc21. The minimum atomic E-state index is -0.239. The van der Waals surface area contributed by atoms with Crippen molar-refractivity contribution in [3.8, 4) is 12.3 Å². The van der Waals surface area contributed by atoms with Gasteiger partial charge in [0.05, 0.1) is 28.3 Å². The van der Waals surface area contributed by atoms with E-state index in [9.17, 15) is 9.59 Å². The van der Waals surface area contributed by atoms with Crippen molar-refractivity contribution < 1.29 is 9.59 Å². The van der Waals surface area contributed by atoms with Crippen molar-refractivity contribution in [1.82, 2.24) is 9.47 Å². The molecular weight excluding hydrogens is 378 g/mol. The van der Waals surface area contributed by atoms with E-state index in [1.165, 1.54) is 29.5 Å². The number of thioether (sulfide) groups is 1. The lowest BCUT2D eigenvalue weighted by molar-refractivity contribution is -0.131. The predicted octanol–water partition coefficient (Wildman–Crippen LogP) is 2.90. The summed E-state index contributed by atoms with van der Waals surface area (Å²) >= 11 is 2.78. The van der Waals surface area contributed by atoms with Crippen LogP contribution in [0, 0.1) is 12.3 Å². The van der Waals surface area contributed by atoms with Crippen LogP contribution in [-0.4, -0.2) is 45.4 Å². The van der Waals surface area contributed by atoms with E-state index in [0.29, 0.717) is 23.1 Å². The Morgan fingerprint density at radius 3 is 2.93 bits per heavy atom. The van der Waals surface area contributed by atoms with Crippen LogP contribution < -0.4 is 4.80 Å². The van der Waals surface area contributed by atoms with Gasteiger partial charge in [-0.2, -0.15) is 4.99 Å². The van der Waals surface area contributed by atoms with Gasteiger partial charge in [-0.25, -0.2) is 0 Å². The van der Waals surface area contributed by atoms with Crippen molar-refractivity contribution >= 4 is 45.1 Å². The fourth-order valence-corrected chi connectivity index (χ4v) is 4.99. The lowest BCUT2D eigenvalue weighted by atomic mass is 10.0. The molecule has 1 saturated heterocycles. The number of fused-ring (bicyclic) bond motifs is 1. The zero-order valence-electron chi connectivity index (χ0n) is 15.4. The number of para-hydroxylation sites is 1. The van der Waals surface area contributed by atoms with Gasteiger partial charge < -0.3 is 9.47 Å². The highest BCUT2D eigenvalue weighted by molar-refractivity contribution is 8.00. The molecule has 1 aliphatic heterocycles. The Hall–Kier alpha value is -2.04. The summed E-state index contributed by atoms with van der Waals surface area (Å²) in [6.45, 7) is 3.29. The van der Waals surface area contributed by atoms with Crippen molar-refractivity contribution in [2.24, 2.45) is 4.99 Å². The lowest BCUT2D eigenvalue weighted by Gasteiger charge is -2.33. The number of carbonyl (C=O) groups excluding carboxylic acids is 2. The van der Waals surface area contributed by atoms with E-state index in [-0.39, 0.29) is 17.6 Å². The summed E-state index contributed by atoms with van der Waals surface area (Å²) in [5.74, 6) is 3.01. The summed E-state index contributed by atoms with van der Waals surface area (Å²) in [5, 5.41) is 0. The Kier molecular flexibility index (Phi) is 6.75. The maximum atomic E-state index is 12.3. The van der Waals surface area contributed by atoms with Gasteiger partial charge in [-0.05, 0) is 38.3 Å². The van der Waals surface area contributed by atoms with Gasteiger partial charge in [-0.1, -0.05) is 29.4 Å². The highest BCUT2D eigenvalue weighted by Gasteiger charge is 2.22. The van der Waals surface area contributed by atoms with Crippen LogP contribution in [0.15, 0.2) is 29.3 Å². The molecule has 1 aromatic heterocycles. The highest BCUT2D eigenvalue weighted by atomic mass is 32.2. The van der Waals surface area contributed by atoms with Crippen molar-refractivity contribution in [3.63, 3.8) is 0 Å². The van der Waals surface area contributed by atoms with Crippen LogP contribution in [0.4, 0.5) is 0 Å². The molecule has 1 fully saturated rings. The third kappa shape index (κ3) is 4.82. The van der Waals surface area contributed by atoms with Crippen LogP contribution in [0.5, 0.6) is 0 Å². The van der Waals surface area contributed by atoms with E-state index in [1.807, 2.05) is 33.7 Å². The number of piperidine rings is 1. The Morgan fingerprint density at radius 1 is 1.33 bits per heavy atom. The summed E-state index contributed by atoms with van der Waals surface area (Å²) in [6.07, 6.45) is 8.78. The van der Waals surface area contributed by atoms with E-state index in [4.69, 9.17) is 6.42 Å². The molecule has 1 unspecified atom stereocenters. The predicted molar refractivity (Wildman–Crippen MR) is 112 cm³/mol. The van der Waals surface area contributed by atoms with Crippen LogP contribution in [0.1, 0.15) is 26.2 Å². The topological polar surface area (TPSA) is 54.7 Å². The fraction of sp³-hybridized carbons (Fsp3) is 0.450. The number of likely N-dealkylation sites (tertiary alicyclic amines) is 1. The van der Waals surface area contributed by atoms with E-state index in [2.05, 4.69) is 17.8 Å². The molecule has 2 amide bonds. The smallest absolute Gasteiger partial charge is 0.258 e. The second-order valence-corrected chi connectivity index (χ2v) is 8.57. The summed E-state index contributed by atoms with van der Waals surface area (Å²) < 4.78 is 2.92. The number of nitrogens with zero attached hydrogens (tertiary/aromatic N) is 3. The molecule has 2 aromatic rings. The molecule has 7 heteroatoms. The van der Waals surface area contributed by atoms with Crippen LogP contribution in [0.3, 0.4) is 0 Å². The van der Waals surface area contributed by atoms with E-state index >= 15 is 0 Å². The fourth-order valence-electron chi connectivity index (χ4n) is 3.27. The molecule has 0 radical (unpaired) electrons. The molecule has 1 aliphatic rings. The number of amides is 2. The quantitative estimate of drug-likeness (QED) is 0.724. The highest BCUT2D eigenvalue weighted by Crippen LogP contribution is 2.18. The van der Waals surface area contributed by atoms with Gasteiger partial charge in [0.1, 0.15) is 0 Å². The first kappa shape index (κ1) is 19.7. The average Bonchev–Trinajstić information content (AvgIpc) is 2.99. The van der Waals surface area contributed by atoms with Crippen LogP contribution >= 0.6 is 23.1 Å². The molecule has 0 bridgehead atoms. The number of hydrogen-bond donors (Lipinski definition) is 0. The first-order valence-electron chi connectivity index (χ1n) is 9.06. The summed E-state index contributed by atoms with van der Waals surface area (Å²) in [4.78, 5) is 31.4. The second-order valence-electron chi connectivity index (χ2n) is 6.57.